The van der Waals surface area contributed by atoms with Gasteiger partial charge in [0, 0.05) is 12.5 Å². The zero-order valence-corrected chi connectivity index (χ0v) is 16.1. The van der Waals surface area contributed by atoms with Crippen LogP contribution in [0.3, 0.4) is 0 Å². The second-order valence-electron chi connectivity index (χ2n) is 6.42. The number of allylic oxidation sites excluding steroid dienone is 1. The Balaban J connectivity index is 1.98. The van der Waals surface area contributed by atoms with E-state index in [4.69, 9.17) is 9.47 Å². The predicted octanol–water partition coefficient (Wildman–Crippen LogP) is 3.57. The van der Waals surface area contributed by atoms with Crippen LogP contribution < -0.4 is 9.47 Å². The van der Waals surface area contributed by atoms with Gasteiger partial charge in [-0.25, -0.2) is 0 Å². The van der Waals surface area contributed by atoms with Gasteiger partial charge in [0.05, 0.1) is 15.4 Å². The van der Waals surface area contributed by atoms with Crippen LogP contribution in [0.5, 0.6) is 11.5 Å². The molecule has 0 amide bonds. The van der Waals surface area contributed by atoms with Crippen LogP contribution in [0, 0.1) is 17.0 Å². The fraction of sp³-hybridized carbons (Fsp3) is 0.263. The monoisotopic (exact) mass is 405 g/mol. The van der Waals surface area contributed by atoms with Crippen molar-refractivity contribution in [3.05, 3.63) is 63.2 Å². The van der Waals surface area contributed by atoms with Crippen molar-refractivity contribution in [3.8, 4) is 11.5 Å². The Bertz CT molecular complexity index is 1060. The van der Waals surface area contributed by atoms with E-state index in [1.807, 2.05) is 0 Å². The van der Waals surface area contributed by atoms with Crippen molar-refractivity contribution in [2.75, 3.05) is 6.61 Å². The second-order valence-corrected chi connectivity index (χ2v) is 7.81. The Morgan fingerprint density at radius 3 is 2.71 bits per heavy atom. The largest absolute Gasteiger partial charge is 0.486 e. The third kappa shape index (κ3) is 4.00. The minimum Gasteiger partial charge on any atom is -0.486 e. The third-order valence-corrected chi connectivity index (χ3v) is 5.27. The van der Waals surface area contributed by atoms with Gasteiger partial charge in [0.25, 0.3) is 15.8 Å². The quantitative estimate of drug-likeness (QED) is 0.459. The standard InChI is InChI=1S/C19H19NO7S/c1-3-4-15-16(20(21)22)6-7-17-19(15)27-14(11-26-17)10-13-9-12(2)5-8-18(13)28(23,24)25/h3-9,14H,10-11H2,1-2H3,(H,23,24,25). The van der Waals surface area contributed by atoms with Crippen LogP contribution in [0.25, 0.3) is 6.08 Å². The van der Waals surface area contributed by atoms with Crippen molar-refractivity contribution in [1.29, 1.82) is 0 Å². The molecule has 148 valence electrons. The van der Waals surface area contributed by atoms with Gasteiger partial charge in [0.1, 0.15) is 12.7 Å². The van der Waals surface area contributed by atoms with Gasteiger partial charge in [-0.1, -0.05) is 23.8 Å². The van der Waals surface area contributed by atoms with Crippen molar-refractivity contribution in [1.82, 2.24) is 0 Å². The smallest absolute Gasteiger partial charge is 0.294 e. The highest BCUT2D eigenvalue weighted by atomic mass is 32.2. The molecule has 0 radical (unpaired) electrons. The van der Waals surface area contributed by atoms with E-state index in [1.165, 1.54) is 18.2 Å². The minimum atomic E-state index is -4.39. The molecule has 1 atom stereocenters. The van der Waals surface area contributed by atoms with Crippen molar-refractivity contribution < 1.29 is 27.4 Å². The molecule has 1 heterocycles. The summed E-state index contributed by atoms with van der Waals surface area (Å²) in [6, 6.07) is 7.42. The van der Waals surface area contributed by atoms with Crippen molar-refractivity contribution >= 4 is 21.9 Å². The summed E-state index contributed by atoms with van der Waals surface area (Å²) in [7, 11) is -4.39. The summed E-state index contributed by atoms with van der Waals surface area (Å²) in [4.78, 5) is 10.6. The summed E-state index contributed by atoms with van der Waals surface area (Å²) < 4.78 is 44.5. The number of rotatable bonds is 5. The van der Waals surface area contributed by atoms with Crippen LogP contribution in [-0.2, 0) is 16.5 Å². The number of aryl methyl sites for hydroxylation is 1. The maximum absolute atomic E-state index is 11.7. The van der Waals surface area contributed by atoms with Gasteiger partial charge >= 0.3 is 0 Å². The van der Waals surface area contributed by atoms with Gasteiger partial charge in [-0.3, -0.25) is 14.7 Å². The van der Waals surface area contributed by atoms with Crippen LogP contribution in [0.1, 0.15) is 23.6 Å². The van der Waals surface area contributed by atoms with Crippen molar-refractivity contribution in [2.45, 2.75) is 31.3 Å². The molecule has 28 heavy (non-hydrogen) atoms. The molecule has 8 nitrogen and oxygen atoms in total. The van der Waals surface area contributed by atoms with E-state index in [0.717, 1.165) is 5.56 Å². The molecular formula is C19H19NO7S. The molecule has 1 aliphatic rings. The van der Waals surface area contributed by atoms with Gasteiger partial charge in [-0.2, -0.15) is 8.42 Å². The summed E-state index contributed by atoms with van der Waals surface area (Å²) >= 11 is 0. The second kappa shape index (κ2) is 7.61. The molecule has 0 saturated carbocycles. The first kappa shape index (κ1) is 19.8. The SMILES string of the molecule is CC=Cc1c([N+](=O)[O-])ccc2c1OC(Cc1cc(C)ccc1S(=O)(=O)O)CO2. The normalized spacial score (nSPS) is 16.3. The Morgan fingerprint density at radius 2 is 2.07 bits per heavy atom. The van der Waals surface area contributed by atoms with E-state index in [2.05, 4.69) is 0 Å². The molecule has 3 rings (SSSR count). The molecule has 2 aromatic rings. The summed E-state index contributed by atoms with van der Waals surface area (Å²) in [5, 5.41) is 11.3. The Morgan fingerprint density at radius 1 is 1.32 bits per heavy atom. The number of benzene rings is 2. The molecule has 2 aromatic carbocycles. The number of hydrogen-bond donors (Lipinski definition) is 1. The van der Waals surface area contributed by atoms with E-state index >= 15 is 0 Å². The molecule has 0 spiro atoms. The maximum atomic E-state index is 11.7. The summed E-state index contributed by atoms with van der Waals surface area (Å²) in [6.45, 7) is 3.67. The molecule has 1 aliphatic heterocycles. The van der Waals surface area contributed by atoms with Gasteiger partial charge in [-0.15, -0.1) is 0 Å². The topological polar surface area (TPSA) is 116 Å². The van der Waals surface area contributed by atoms with Crippen LogP contribution in [0.4, 0.5) is 5.69 Å². The van der Waals surface area contributed by atoms with Crippen LogP contribution in [0.15, 0.2) is 41.3 Å². The van der Waals surface area contributed by atoms with E-state index < -0.39 is 21.1 Å². The van der Waals surface area contributed by atoms with E-state index in [9.17, 15) is 23.1 Å². The zero-order valence-electron chi connectivity index (χ0n) is 15.3. The van der Waals surface area contributed by atoms with Gasteiger partial charge in [-0.05, 0) is 37.6 Å². The van der Waals surface area contributed by atoms with Gasteiger partial charge < -0.3 is 9.47 Å². The first-order valence-corrected chi connectivity index (χ1v) is 9.95. The van der Waals surface area contributed by atoms with Gasteiger partial charge in [0.15, 0.2) is 11.5 Å². The lowest BCUT2D eigenvalue weighted by molar-refractivity contribution is -0.385. The Labute approximate surface area is 162 Å². The average Bonchev–Trinajstić information content (AvgIpc) is 2.61. The number of nitro groups is 1. The Kier molecular flexibility index (Phi) is 5.39. The molecular weight excluding hydrogens is 386 g/mol. The van der Waals surface area contributed by atoms with E-state index in [-0.39, 0.29) is 34.9 Å². The lowest BCUT2D eigenvalue weighted by Crippen LogP contribution is -2.32. The molecule has 1 unspecified atom stereocenters. The lowest BCUT2D eigenvalue weighted by Gasteiger charge is -2.28. The molecule has 0 aromatic heterocycles. The van der Waals surface area contributed by atoms with Crippen molar-refractivity contribution in [2.24, 2.45) is 0 Å². The molecule has 0 aliphatic carbocycles. The number of ether oxygens (including phenoxy) is 2. The zero-order chi connectivity index (χ0) is 20.5. The molecule has 0 saturated heterocycles. The number of nitrogens with zero attached hydrogens (tertiary/aromatic N) is 1. The fourth-order valence-electron chi connectivity index (χ4n) is 3.14. The number of hydrogen-bond acceptors (Lipinski definition) is 6. The average molecular weight is 405 g/mol. The van der Waals surface area contributed by atoms with E-state index in [0.29, 0.717) is 11.3 Å². The highest BCUT2D eigenvalue weighted by Gasteiger charge is 2.29. The van der Waals surface area contributed by atoms with Crippen LogP contribution in [-0.4, -0.2) is 30.6 Å². The van der Waals surface area contributed by atoms with E-state index in [1.54, 1.807) is 38.1 Å². The molecule has 0 fully saturated rings. The predicted molar refractivity (Wildman–Crippen MR) is 102 cm³/mol. The number of nitro benzene ring substituents is 1. The minimum absolute atomic E-state index is 0.115. The van der Waals surface area contributed by atoms with Crippen LogP contribution >= 0.6 is 0 Å². The third-order valence-electron chi connectivity index (χ3n) is 4.32. The first-order chi connectivity index (χ1) is 13.2. The summed E-state index contributed by atoms with van der Waals surface area (Å²) in [5.41, 5.74) is 1.38. The van der Waals surface area contributed by atoms with Crippen LogP contribution in [0.2, 0.25) is 0 Å². The lowest BCUT2D eigenvalue weighted by atomic mass is 10.0. The highest BCUT2D eigenvalue weighted by molar-refractivity contribution is 7.85. The van der Waals surface area contributed by atoms with Crippen molar-refractivity contribution in [3.63, 3.8) is 0 Å². The summed E-state index contributed by atoms with van der Waals surface area (Å²) in [6.07, 6.45) is 2.79. The van der Waals surface area contributed by atoms with Gasteiger partial charge in [0.2, 0.25) is 0 Å². The molecule has 9 heteroatoms. The first-order valence-electron chi connectivity index (χ1n) is 8.51. The Hall–Kier alpha value is -2.91. The molecule has 0 bridgehead atoms. The number of fused-ring (bicyclic) bond motifs is 1. The molecule has 1 N–H and O–H groups in total. The maximum Gasteiger partial charge on any atom is 0.294 e. The fourth-order valence-corrected chi connectivity index (χ4v) is 3.85. The highest BCUT2D eigenvalue weighted by Crippen LogP contribution is 2.41. The summed E-state index contributed by atoms with van der Waals surface area (Å²) in [5.74, 6) is 0.624.